The fraction of sp³-hybridized carbons (Fsp3) is 0.188. The van der Waals surface area contributed by atoms with Crippen LogP contribution in [-0.2, 0) is 4.79 Å². The first kappa shape index (κ1) is 24.2. The number of thiazole rings is 1. The summed E-state index contributed by atoms with van der Waals surface area (Å²) in [5.74, 6) is 1.85. The first-order valence-corrected chi connectivity index (χ1v) is 13.4. The van der Waals surface area contributed by atoms with Gasteiger partial charge in [-0.2, -0.15) is 0 Å². The monoisotopic (exact) mass is 520 g/mol. The number of carbonyl (C=O) groups is 1. The molecule has 1 aliphatic rings. The quantitative estimate of drug-likeness (QED) is 0.254. The highest BCUT2D eigenvalue weighted by atomic mass is 32.1. The van der Waals surface area contributed by atoms with Crippen LogP contribution in [-0.4, -0.2) is 18.0 Å². The van der Waals surface area contributed by atoms with Gasteiger partial charge in [-0.1, -0.05) is 74.5 Å². The second kappa shape index (κ2) is 9.30. The number of anilines is 1. The summed E-state index contributed by atoms with van der Waals surface area (Å²) in [4.78, 5) is 18.7. The molecular formula is C32H28N2O3S. The normalized spacial score (nSPS) is 14.4. The van der Waals surface area contributed by atoms with Crippen LogP contribution in [0.2, 0.25) is 0 Å². The second-order valence-electron chi connectivity index (χ2n) is 10.2. The molecular weight excluding hydrogens is 492 g/mol. The van der Waals surface area contributed by atoms with Gasteiger partial charge in [0.2, 0.25) is 5.91 Å². The maximum absolute atomic E-state index is 13.9. The number of amides is 1. The van der Waals surface area contributed by atoms with Crippen molar-refractivity contribution in [2.45, 2.75) is 26.7 Å². The summed E-state index contributed by atoms with van der Waals surface area (Å²) in [6, 6.07) is 26.3. The summed E-state index contributed by atoms with van der Waals surface area (Å²) in [7, 11) is 1.63. The first-order valence-electron chi connectivity index (χ1n) is 12.6. The highest BCUT2D eigenvalue weighted by Crippen LogP contribution is 2.53. The smallest absolute Gasteiger partial charge is 0.232 e. The van der Waals surface area contributed by atoms with Gasteiger partial charge in [0.25, 0.3) is 0 Å². The van der Waals surface area contributed by atoms with Crippen molar-refractivity contribution in [1.82, 2.24) is 4.98 Å². The van der Waals surface area contributed by atoms with E-state index in [-0.39, 0.29) is 11.8 Å². The summed E-state index contributed by atoms with van der Waals surface area (Å²) in [5, 5.41) is 8.06. The van der Waals surface area contributed by atoms with Crippen LogP contribution in [0.5, 0.6) is 17.2 Å². The van der Waals surface area contributed by atoms with E-state index < -0.39 is 5.41 Å². The minimum absolute atomic E-state index is 0.101. The number of carbonyl (C=O) groups excluding carboxylic acids is 1. The Bertz CT molecular complexity index is 1690. The molecule has 0 saturated carbocycles. The van der Waals surface area contributed by atoms with Crippen molar-refractivity contribution in [2.24, 2.45) is 5.41 Å². The molecule has 1 aromatic heterocycles. The molecule has 0 radical (unpaired) electrons. The van der Waals surface area contributed by atoms with Crippen LogP contribution < -0.4 is 14.8 Å². The molecule has 6 heteroatoms. The molecule has 1 unspecified atom stereocenters. The molecule has 0 fully saturated rings. The van der Waals surface area contributed by atoms with Gasteiger partial charge in [-0.15, -0.1) is 11.3 Å². The fourth-order valence-corrected chi connectivity index (χ4v) is 6.07. The van der Waals surface area contributed by atoms with E-state index in [0.29, 0.717) is 16.6 Å². The molecule has 0 spiro atoms. The third-order valence-electron chi connectivity index (χ3n) is 7.43. The van der Waals surface area contributed by atoms with Gasteiger partial charge in [-0.3, -0.25) is 4.79 Å². The van der Waals surface area contributed by atoms with Crippen molar-refractivity contribution in [1.29, 1.82) is 0 Å². The Balaban J connectivity index is 1.33. The predicted octanol–water partition coefficient (Wildman–Crippen LogP) is 8.18. The molecule has 1 aliphatic heterocycles. The van der Waals surface area contributed by atoms with E-state index in [9.17, 15) is 4.79 Å². The third kappa shape index (κ3) is 4.02. The standard InChI is InChI=1S/C32H28N2O3S/c1-19-13-15-23(22-10-6-5-9-21(19)22)26-18-38-31(33-26)34-30(35)32(2,3)29-24-11-7-8-12-27(24)37-28-17-20(36-4)14-16-25(28)29/h5-18,29H,1-4H3,(H,33,34,35). The van der Waals surface area contributed by atoms with E-state index in [2.05, 4.69) is 42.6 Å². The van der Waals surface area contributed by atoms with E-state index in [0.717, 1.165) is 33.5 Å². The predicted molar refractivity (Wildman–Crippen MR) is 154 cm³/mol. The number of methoxy groups -OCH3 is 1. The Morgan fingerprint density at radius 1 is 0.947 bits per heavy atom. The van der Waals surface area contributed by atoms with E-state index in [1.165, 1.54) is 22.3 Å². The highest BCUT2D eigenvalue weighted by Gasteiger charge is 2.43. The average Bonchev–Trinajstić information content (AvgIpc) is 3.39. The van der Waals surface area contributed by atoms with Crippen molar-refractivity contribution in [3.8, 4) is 28.5 Å². The van der Waals surface area contributed by atoms with Crippen molar-refractivity contribution < 1.29 is 14.3 Å². The first-order chi connectivity index (χ1) is 18.4. The Morgan fingerprint density at radius 2 is 1.68 bits per heavy atom. The number of fused-ring (bicyclic) bond motifs is 3. The van der Waals surface area contributed by atoms with Crippen LogP contribution in [0.15, 0.2) is 84.2 Å². The summed E-state index contributed by atoms with van der Waals surface area (Å²) >= 11 is 1.44. The van der Waals surface area contributed by atoms with Crippen molar-refractivity contribution in [3.05, 3.63) is 101 Å². The molecule has 2 heterocycles. The number of ether oxygens (including phenoxy) is 2. The Kier molecular flexibility index (Phi) is 5.92. The van der Waals surface area contributed by atoms with Crippen molar-refractivity contribution in [2.75, 3.05) is 12.4 Å². The van der Waals surface area contributed by atoms with Crippen LogP contribution in [0.25, 0.3) is 22.0 Å². The molecule has 4 aromatic carbocycles. The molecule has 190 valence electrons. The lowest BCUT2D eigenvalue weighted by Gasteiger charge is -2.38. The zero-order chi connectivity index (χ0) is 26.4. The minimum atomic E-state index is -0.800. The lowest BCUT2D eigenvalue weighted by molar-refractivity contribution is -0.124. The maximum Gasteiger partial charge on any atom is 0.232 e. The molecule has 0 aliphatic carbocycles. The van der Waals surface area contributed by atoms with Gasteiger partial charge in [0, 0.05) is 34.1 Å². The fourth-order valence-electron chi connectivity index (χ4n) is 5.36. The number of rotatable bonds is 5. The van der Waals surface area contributed by atoms with Gasteiger partial charge in [0.1, 0.15) is 17.2 Å². The molecule has 38 heavy (non-hydrogen) atoms. The highest BCUT2D eigenvalue weighted by molar-refractivity contribution is 7.14. The van der Waals surface area contributed by atoms with Crippen molar-refractivity contribution in [3.63, 3.8) is 0 Å². The van der Waals surface area contributed by atoms with Crippen LogP contribution >= 0.6 is 11.3 Å². The van der Waals surface area contributed by atoms with Crippen LogP contribution in [0, 0.1) is 12.3 Å². The number of nitrogens with zero attached hydrogens (tertiary/aromatic N) is 1. The van der Waals surface area contributed by atoms with E-state index in [4.69, 9.17) is 14.5 Å². The Labute approximate surface area is 226 Å². The summed E-state index contributed by atoms with van der Waals surface area (Å²) in [6.07, 6.45) is 0. The number of nitrogens with one attached hydrogen (secondary N) is 1. The van der Waals surface area contributed by atoms with Gasteiger partial charge in [0.15, 0.2) is 5.13 Å². The number of hydrogen-bond acceptors (Lipinski definition) is 5. The average molecular weight is 521 g/mol. The zero-order valence-corrected chi connectivity index (χ0v) is 22.6. The van der Waals surface area contributed by atoms with Gasteiger partial charge >= 0.3 is 0 Å². The molecule has 1 atom stereocenters. The largest absolute Gasteiger partial charge is 0.497 e. The second-order valence-corrected chi connectivity index (χ2v) is 11.0. The molecule has 6 rings (SSSR count). The minimum Gasteiger partial charge on any atom is -0.497 e. The Hall–Kier alpha value is -4.16. The number of aryl methyl sites for hydroxylation is 1. The van der Waals surface area contributed by atoms with Gasteiger partial charge in [0.05, 0.1) is 18.2 Å². The number of para-hydroxylation sites is 1. The molecule has 1 amide bonds. The van der Waals surface area contributed by atoms with E-state index in [1.807, 2.05) is 67.8 Å². The number of aromatic nitrogens is 1. The molecule has 5 aromatic rings. The van der Waals surface area contributed by atoms with Crippen LogP contribution in [0.3, 0.4) is 0 Å². The topological polar surface area (TPSA) is 60.5 Å². The lowest BCUT2D eigenvalue weighted by Crippen LogP contribution is -2.38. The van der Waals surface area contributed by atoms with E-state index >= 15 is 0 Å². The van der Waals surface area contributed by atoms with Gasteiger partial charge < -0.3 is 14.8 Å². The molecule has 0 saturated heterocycles. The van der Waals surface area contributed by atoms with Gasteiger partial charge in [-0.25, -0.2) is 4.98 Å². The molecule has 5 nitrogen and oxygen atoms in total. The summed E-state index contributed by atoms with van der Waals surface area (Å²) in [5.41, 5.74) is 4.28. The lowest BCUT2D eigenvalue weighted by atomic mass is 9.69. The SMILES string of the molecule is COc1ccc2c(c1)Oc1ccccc1C2C(C)(C)C(=O)Nc1nc(-c2ccc(C)c3ccccc23)cs1. The third-order valence-corrected chi connectivity index (χ3v) is 8.19. The molecule has 0 bridgehead atoms. The number of hydrogen-bond donors (Lipinski definition) is 1. The zero-order valence-electron chi connectivity index (χ0n) is 21.7. The van der Waals surface area contributed by atoms with Gasteiger partial charge in [-0.05, 0) is 35.4 Å². The van der Waals surface area contributed by atoms with Crippen LogP contribution in [0.1, 0.15) is 36.5 Å². The Morgan fingerprint density at radius 3 is 2.50 bits per heavy atom. The maximum atomic E-state index is 13.9. The van der Waals surface area contributed by atoms with E-state index in [1.54, 1.807) is 7.11 Å². The summed E-state index contributed by atoms with van der Waals surface area (Å²) < 4.78 is 11.6. The molecule has 1 N–H and O–H groups in total. The van der Waals surface area contributed by atoms with Crippen LogP contribution in [0.4, 0.5) is 5.13 Å². The summed E-state index contributed by atoms with van der Waals surface area (Å²) in [6.45, 7) is 6.07. The number of benzene rings is 4. The van der Waals surface area contributed by atoms with Crippen molar-refractivity contribution >= 4 is 33.1 Å².